The lowest BCUT2D eigenvalue weighted by Gasteiger charge is -2.37. The fourth-order valence-corrected chi connectivity index (χ4v) is 3.49. The zero-order chi connectivity index (χ0) is 14.2. The Morgan fingerprint density at radius 3 is 2.65 bits per heavy atom. The lowest BCUT2D eigenvalue weighted by atomic mass is 9.71. The molecule has 0 amide bonds. The van der Waals surface area contributed by atoms with Crippen LogP contribution in [0.15, 0.2) is 24.3 Å². The minimum Gasteiger partial charge on any atom is -0.392 e. The van der Waals surface area contributed by atoms with Gasteiger partial charge in [-0.15, -0.1) is 0 Å². The van der Waals surface area contributed by atoms with E-state index in [1.165, 1.54) is 19.3 Å². The van der Waals surface area contributed by atoms with Crippen LogP contribution in [0.4, 0.5) is 0 Å². The van der Waals surface area contributed by atoms with Crippen LogP contribution in [-0.4, -0.2) is 20.8 Å². The number of fused-ring (bicyclic) bond motifs is 1. The van der Waals surface area contributed by atoms with Crippen LogP contribution in [0.5, 0.6) is 0 Å². The van der Waals surface area contributed by atoms with Crippen LogP contribution in [0.1, 0.15) is 44.9 Å². The number of aryl methyl sites for hydroxylation is 1. The number of imidazole rings is 1. The molecule has 1 saturated carbocycles. The summed E-state index contributed by atoms with van der Waals surface area (Å²) in [6.45, 7) is 2.24. The van der Waals surface area contributed by atoms with Gasteiger partial charge in [0.1, 0.15) is 5.82 Å². The molecule has 0 bridgehead atoms. The fourth-order valence-electron chi connectivity index (χ4n) is 3.49. The van der Waals surface area contributed by atoms with Gasteiger partial charge in [-0.2, -0.15) is 0 Å². The normalized spacial score (nSPS) is 20.1. The maximum absolute atomic E-state index is 10.7. The Morgan fingerprint density at radius 1 is 1.25 bits per heavy atom. The van der Waals surface area contributed by atoms with Crippen molar-refractivity contribution in [1.29, 1.82) is 0 Å². The third kappa shape index (κ3) is 2.35. The number of hydrogen-bond donors (Lipinski definition) is 1. The minimum atomic E-state index is -0.293. The highest BCUT2D eigenvalue weighted by molar-refractivity contribution is 5.75. The van der Waals surface area contributed by atoms with E-state index in [1.54, 1.807) is 0 Å². The van der Waals surface area contributed by atoms with E-state index in [2.05, 4.69) is 22.5 Å². The fraction of sp³-hybridized carbons (Fsp3) is 0.588. The zero-order valence-corrected chi connectivity index (χ0v) is 12.5. The summed E-state index contributed by atoms with van der Waals surface area (Å²) in [7, 11) is 2.04. The Hall–Kier alpha value is -1.35. The standard InChI is InChI=1S/C17H24N2O/c1-17(10-6-3-7-11-17)15(20)12-16-18-13-8-4-5-9-14(13)19(16)2/h4-5,8-9,15,20H,3,6-7,10-12H2,1-2H3. The molecule has 1 aromatic heterocycles. The van der Waals surface area contributed by atoms with Crippen LogP contribution >= 0.6 is 0 Å². The summed E-state index contributed by atoms with van der Waals surface area (Å²) >= 11 is 0. The van der Waals surface area contributed by atoms with Crippen molar-refractivity contribution in [1.82, 2.24) is 9.55 Å². The number of para-hydroxylation sites is 2. The van der Waals surface area contributed by atoms with Gasteiger partial charge in [0.25, 0.3) is 0 Å². The molecule has 20 heavy (non-hydrogen) atoms. The molecule has 1 atom stereocenters. The van der Waals surface area contributed by atoms with E-state index < -0.39 is 0 Å². The molecule has 1 heterocycles. The second kappa shape index (κ2) is 5.21. The SMILES string of the molecule is Cn1c(CC(O)C2(C)CCCCC2)nc2ccccc21. The van der Waals surface area contributed by atoms with E-state index in [1.807, 2.05) is 25.2 Å². The first-order valence-electron chi connectivity index (χ1n) is 7.68. The molecule has 1 aromatic carbocycles. The summed E-state index contributed by atoms with van der Waals surface area (Å²) in [6, 6.07) is 8.17. The molecule has 3 nitrogen and oxygen atoms in total. The van der Waals surface area contributed by atoms with Crippen molar-refractivity contribution in [2.75, 3.05) is 0 Å². The Kier molecular flexibility index (Phi) is 3.55. The van der Waals surface area contributed by atoms with Crippen molar-refractivity contribution in [2.24, 2.45) is 12.5 Å². The van der Waals surface area contributed by atoms with Crippen LogP contribution < -0.4 is 0 Å². The summed E-state index contributed by atoms with van der Waals surface area (Å²) in [4.78, 5) is 4.68. The number of nitrogens with zero attached hydrogens (tertiary/aromatic N) is 2. The van der Waals surface area contributed by atoms with Crippen molar-refractivity contribution in [3.63, 3.8) is 0 Å². The van der Waals surface area contributed by atoms with Crippen molar-refractivity contribution in [2.45, 2.75) is 51.6 Å². The maximum atomic E-state index is 10.7. The molecular formula is C17H24N2O. The van der Waals surface area contributed by atoms with Crippen molar-refractivity contribution in [3.05, 3.63) is 30.1 Å². The third-order valence-corrected chi connectivity index (χ3v) is 5.06. The van der Waals surface area contributed by atoms with E-state index in [9.17, 15) is 5.11 Å². The van der Waals surface area contributed by atoms with Gasteiger partial charge in [-0.25, -0.2) is 4.98 Å². The lowest BCUT2D eigenvalue weighted by Crippen LogP contribution is -2.36. The molecule has 1 fully saturated rings. The van der Waals surface area contributed by atoms with Gasteiger partial charge >= 0.3 is 0 Å². The zero-order valence-electron chi connectivity index (χ0n) is 12.5. The average Bonchev–Trinajstić information content (AvgIpc) is 2.77. The number of benzene rings is 1. The number of aliphatic hydroxyl groups excluding tert-OH is 1. The molecule has 0 aliphatic heterocycles. The number of aromatic nitrogens is 2. The molecule has 3 heteroatoms. The molecular weight excluding hydrogens is 248 g/mol. The number of hydrogen-bond acceptors (Lipinski definition) is 2. The molecule has 1 aliphatic rings. The van der Waals surface area contributed by atoms with Crippen LogP contribution in [0.25, 0.3) is 11.0 Å². The maximum Gasteiger partial charge on any atom is 0.112 e. The van der Waals surface area contributed by atoms with Gasteiger partial charge in [0, 0.05) is 13.5 Å². The molecule has 1 unspecified atom stereocenters. The molecule has 108 valence electrons. The Balaban J connectivity index is 1.83. The summed E-state index contributed by atoms with van der Waals surface area (Å²) in [5.41, 5.74) is 2.23. The lowest BCUT2D eigenvalue weighted by molar-refractivity contribution is 0.00880. The smallest absolute Gasteiger partial charge is 0.112 e. The van der Waals surface area contributed by atoms with Crippen molar-refractivity contribution < 1.29 is 5.11 Å². The van der Waals surface area contributed by atoms with Gasteiger partial charge in [-0.1, -0.05) is 38.3 Å². The van der Waals surface area contributed by atoms with E-state index in [0.29, 0.717) is 6.42 Å². The number of rotatable bonds is 3. The van der Waals surface area contributed by atoms with Crippen molar-refractivity contribution >= 4 is 11.0 Å². The predicted octanol–water partition coefficient (Wildman–Crippen LogP) is 3.45. The van der Waals surface area contributed by atoms with Crippen LogP contribution in [0.2, 0.25) is 0 Å². The summed E-state index contributed by atoms with van der Waals surface area (Å²) in [5.74, 6) is 0.991. The molecule has 1 aliphatic carbocycles. The first-order chi connectivity index (χ1) is 9.60. The summed E-state index contributed by atoms with van der Waals surface area (Å²) < 4.78 is 2.12. The third-order valence-electron chi connectivity index (χ3n) is 5.06. The molecule has 1 N–H and O–H groups in total. The average molecular weight is 272 g/mol. The molecule has 3 rings (SSSR count). The highest BCUT2D eigenvalue weighted by Gasteiger charge is 2.35. The van der Waals surface area contributed by atoms with Crippen LogP contribution in [0, 0.1) is 5.41 Å². The highest BCUT2D eigenvalue weighted by Crippen LogP contribution is 2.39. The van der Waals surface area contributed by atoms with Gasteiger partial charge in [0.15, 0.2) is 0 Å². The van der Waals surface area contributed by atoms with Crippen LogP contribution in [-0.2, 0) is 13.5 Å². The second-order valence-electron chi connectivity index (χ2n) is 6.51. The van der Waals surface area contributed by atoms with Gasteiger partial charge in [-0.05, 0) is 30.4 Å². The largest absolute Gasteiger partial charge is 0.392 e. The van der Waals surface area contributed by atoms with Gasteiger partial charge in [0.2, 0.25) is 0 Å². The summed E-state index contributed by atoms with van der Waals surface area (Å²) in [5, 5.41) is 10.7. The van der Waals surface area contributed by atoms with E-state index in [-0.39, 0.29) is 11.5 Å². The molecule has 2 aromatic rings. The Morgan fingerprint density at radius 2 is 1.95 bits per heavy atom. The van der Waals surface area contributed by atoms with Gasteiger partial charge in [0.05, 0.1) is 17.1 Å². The predicted molar refractivity (Wildman–Crippen MR) is 81.6 cm³/mol. The number of aliphatic hydroxyl groups is 1. The highest BCUT2D eigenvalue weighted by atomic mass is 16.3. The van der Waals surface area contributed by atoms with Crippen LogP contribution in [0.3, 0.4) is 0 Å². The topological polar surface area (TPSA) is 38.0 Å². The molecule has 0 radical (unpaired) electrons. The summed E-state index contributed by atoms with van der Waals surface area (Å²) in [6.07, 6.45) is 6.44. The first kappa shape index (κ1) is 13.6. The van der Waals surface area contributed by atoms with E-state index in [0.717, 1.165) is 29.7 Å². The molecule has 0 saturated heterocycles. The monoisotopic (exact) mass is 272 g/mol. The van der Waals surface area contributed by atoms with Gasteiger partial charge in [-0.3, -0.25) is 0 Å². The molecule has 0 spiro atoms. The minimum absolute atomic E-state index is 0.0659. The van der Waals surface area contributed by atoms with E-state index >= 15 is 0 Å². The van der Waals surface area contributed by atoms with E-state index in [4.69, 9.17) is 0 Å². The van der Waals surface area contributed by atoms with Crippen molar-refractivity contribution in [3.8, 4) is 0 Å². The second-order valence-corrected chi connectivity index (χ2v) is 6.51. The Bertz CT molecular complexity index is 596. The quantitative estimate of drug-likeness (QED) is 0.929. The Labute approximate surface area is 120 Å². The first-order valence-corrected chi connectivity index (χ1v) is 7.68. The van der Waals surface area contributed by atoms with Gasteiger partial charge < -0.3 is 9.67 Å².